The minimum atomic E-state index is -0.179. The maximum atomic E-state index is 12.9. The Hall–Kier alpha value is -1.68. The van der Waals surface area contributed by atoms with E-state index in [0.717, 1.165) is 25.1 Å². The number of halogens is 1. The fourth-order valence-corrected chi connectivity index (χ4v) is 2.97. The van der Waals surface area contributed by atoms with E-state index in [2.05, 4.69) is 21.8 Å². The van der Waals surface area contributed by atoms with Gasteiger partial charge in [0.25, 0.3) is 0 Å². The molecule has 2 atom stereocenters. The van der Waals surface area contributed by atoms with Crippen molar-refractivity contribution in [2.24, 2.45) is 0 Å². The summed E-state index contributed by atoms with van der Waals surface area (Å²) >= 11 is 0. The van der Waals surface area contributed by atoms with Crippen LogP contribution in [0, 0.1) is 5.82 Å². The van der Waals surface area contributed by atoms with Crippen molar-refractivity contribution in [3.05, 3.63) is 53.9 Å². The van der Waals surface area contributed by atoms with Crippen LogP contribution in [0.15, 0.2) is 36.8 Å². The van der Waals surface area contributed by atoms with Gasteiger partial charge >= 0.3 is 0 Å². The number of rotatable bonds is 4. The molecule has 0 spiro atoms. The molecule has 0 aliphatic carbocycles. The molecule has 3 rings (SSSR count). The van der Waals surface area contributed by atoms with E-state index < -0.39 is 0 Å². The van der Waals surface area contributed by atoms with Crippen LogP contribution in [0.1, 0.15) is 36.6 Å². The zero-order valence-corrected chi connectivity index (χ0v) is 11.7. The van der Waals surface area contributed by atoms with Crippen LogP contribution in [0.2, 0.25) is 0 Å². The zero-order chi connectivity index (χ0) is 13.9. The summed E-state index contributed by atoms with van der Waals surface area (Å²) in [4.78, 5) is 4.32. The molecule has 3 nitrogen and oxygen atoms in total. The third-order valence-electron chi connectivity index (χ3n) is 4.09. The van der Waals surface area contributed by atoms with Gasteiger partial charge in [-0.3, -0.25) is 0 Å². The molecule has 1 aliphatic heterocycles. The van der Waals surface area contributed by atoms with Gasteiger partial charge in [0, 0.05) is 30.4 Å². The Labute approximate surface area is 118 Å². The maximum absolute atomic E-state index is 12.9. The molecule has 106 valence electrons. The summed E-state index contributed by atoms with van der Waals surface area (Å²) < 4.78 is 15.2. The molecule has 1 fully saturated rings. The Morgan fingerprint density at radius 2 is 2.20 bits per heavy atom. The van der Waals surface area contributed by atoms with Gasteiger partial charge in [0.2, 0.25) is 0 Å². The molecular formula is C16H20FN3. The number of hydrogen-bond donors (Lipinski definition) is 1. The average Bonchev–Trinajstić information content (AvgIpc) is 3.11. The second-order valence-corrected chi connectivity index (χ2v) is 5.60. The van der Waals surface area contributed by atoms with E-state index in [-0.39, 0.29) is 5.82 Å². The Morgan fingerprint density at radius 1 is 1.40 bits per heavy atom. The first kappa shape index (κ1) is 13.3. The highest BCUT2D eigenvalue weighted by Gasteiger charge is 2.21. The number of hydrogen-bond acceptors (Lipinski definition) is 2. The van der Waals surface area contributed by atoms with Gasteiger partial charge in [0.05, 0.1) is 6.33 Å². The third-order valence-corrected chi connectivity index (χ3v) is 4.09. The molecule has 1 aromatic heterocycles. The Kier molecular flexibility index (Phi) is 3.83. The molecule has 1 aromatic carbocycles. The van der Waals surface area contributed by atoms with Crippen LogP contribution in [0.3, 0.4) is 0 Å². The number of nitrogens with one attached hydrogen (secondary N) is 1. The van der Waals surface area contributed by atoms with Crippen molar-refractivity contribution >= 4 is 0 Å². The van der Waals surface area contributed by atoms with Crippen molar-refractivity contribution in [2.45, 2.75) is 31.7 Å². The van der Waals surface area contributed by atoms with Crippen LogP contribution in [-0.4, -0.2) is 22.6 Å². The van der Waals surface area contributed by atoms with E-state index in [1.165, 1.54) is 24.2 Å². The summed E-state index contributed by atoms with van der Waals surface area (Å²) in [5, 5.41) is 3.40. The van der Waals surface area contributed by atoms with Gasteiger partial charge < -0.3 is 9.88 Å². The van der Waals surface area contributed by atoms with Gasteiger partial charge in [0.15, 0.2) is 0 Å². The lowest BCUT2D eigenvalue weighted by Gasteiger charge is -2.19. The minimum absolute atomic E-state index is 0.179. The normalized spacial score (nSPS) is 20.2. The summed E-state index contributed by atoms with van der Waals surface area (Å²) in [5.74, 6) is 0.384. The number of benzene rings is 1. The van der Waals surface area contributed by atoms with E-state index in [0.29, 0.717) is 12.0 Å². The van der Waals surface area contributed by atoms with Crippen LogP contribution in [0.25, 0.3) is 0 Å². The molecule has 0 radical (unpaired) electrons. The van der Waals surface area contributed by atoms with E-state index in [9.17, 15) is 4.39 Å². The molecule has 2 aromatic rings. The Morgan fingerprint density at radius 3 is 2.90 bits per heavy atom. The maximum Gasteiger partial charge on any atom is 0.123 e. The van der Waals surface area contributed by atoms with Crippen molar-refractivity contribution in [3.63, 3.8) is 0 Å². The largest absolute Gasteiger partial charge is 0.331 e. The van der Waals surface area contributed by atoms with Gasteiger partial charge in [-0.25, -0.2) is 9.37 Å². The predicted octanol–water partition coefficient (Wildman–Crippen LogP) is 2.90. The fraction of sp³-hybridized carbons (Fsp3) is 0.438. The second kappa shape index (κ2) is 5.75. The van der Waals surface area contributed by atoms with Gasteiger partial charge in [-0.15, -0.1) is 0 Å². The number of aromatic nitrogens is 2. The minimum Gasteiger partial charge on any atom is -0.331 e. The van der Waals surface area contributed by atoms with E-state index in [4.69, 9.17) is 0 Å². The SMILES string of the molecule is CC(Cc1ccc(F)cc1)n1cncc1C1CCNC1. The first-order valence-corrected chi connectivity index (χ1v) is 7.21. The van der Waals surface area contributed by atoms with Crippen molar-refractivity contribution < 1.29 is 4.39 Å². The predicted molar refractivity (Wildman–Crippen MR) is 77.3 cm³/mol. The van der Waals surface area contributed by atoms with Gasteiger partial charge in [-0.1, -0.05) is 12.1 Å². The molecule has 1 saturated heterocycles. The van der Waals surface area contributed by atoms with Gasteiger partial charge in [-0.05, 0) is 44.0 Å². The number of nitrogens with zero attached hydrogens (tertiary/aromatic N) is 2. The van der Waals surface area contributed by atoms with E-state index >= 15 is 0 Å². The lowest BCUT2D eigenvalue weighted by Crippen LogP contribution is -2.15. The summed E-state index contributed by atoms with van der Waals surface area (Å²) in [6, 6.07) is 7.10. The fourth-order valence-electron chi connectivity index (χ4n) is 2.97. The van der Waals surface area contributed by atoms with E-state index in [1.54, 1.807) is 0 Å². The summed E-state index contributed by atoms with van der Waals surface area (Å²) in [5.41, 5.74) is 2.47. The first-order valence-electron chi connectivity index (χ1n) is 7.21. The number of imidazole rings is 1. The van der Waals surface area contributed by atoms with Crippen LogP contribution >= 0.6 is 0 Å². The van der Waals surface area contributed by atoms with Crippen molar-refractivity contribution in [1.82, 2.24) is 14.9 Å². The monoisotopic (exact) mass is 273 g/mol. The summed E-state index contributed by atoms with van der Waals surface area (Å²) in [6.45, 7) is 4.31. The Balaban J connectivity index is 1.75. The van der Waals surface area contributed by atoms with E-state index in [1.807, 2.05) is 24.7 Å². The molecule has 0 saturated carbocycles. The summed E-state index contributed by atoms with van der Waals surface area (Å²) in [6.07, 6.45) is 5.97. The standard InChI is InChI=1S/C16H20FN3/c1-12(8-13-2-4-15(17)5-3-13)20-11-19-10-16(20)14-6-7-18-9-14/h2-5,10-12,14,18H,6-9H2,1H3. The molecule has 4 heteroatoms. The van der Waals surface area contributed by atoms with Crippen molar-refractivity contribution in [2.75, 3.05) is 13.1 Å². The smallest absolute Gasteiger partial charge is 0.123 e. The van der Waals surface area contributed by atoms with Crippen molar-refractivity contribution in [3.8, 4) is 0 Å². The van der Waals surface area contributed by atoms with Gasteiger partial charge in [0.1, 0.15) is 5.82 Å². The lowest BCUT2D eigenvalue weighted by molar-refractivity contribution is 0.506. The summed E-state index contributed by atoms with van der Waals surface area (Å²) in [7, 11) is 0. The van der Waals surface area contributed by atoms with Crippen LogP contribution < -0.4 is 5.32 Å². The molecule has 1 aliphatic rings. The van der Waals surface area contributed by atoms with Gasteiger partial charge in [-0.2, -0.15) is 0 Å². The van der Waals surface area contributed by atoms with Crippen LogP contribution in [0.4, 0.5) is 4.39 Å². The zero-order valence-electron chi connectivity index (χ0n) is 11.7. The molecular weight excluding hydrogens is 253 g/mol. The highest BCUT2D eigenvalue weighted by Crippen LogP contribution is 2.25. The molecule has 0 amide bonds. The molecule has 0 bridgehead atoms. The molecule has 1 N–H and O–H groups in total. The highest BCUT2D eigenvalue weighted by atomic mass is 19.1. The Bertz CT molecular complexity index is 555. The highest BCUT2D eigenvalue weighted by molar-refractivity contribution is 5.18. The molecule has 2 unspecified atom stereocenters. The average molecular weight is 273 g/mol. The third kappa shape index (κ3) is 2.75. The molecule has 2 heterocycles. The quantitative estimate of drug-likeness (QED) is 0.928. The van der Waals surface area contributed by atoms with Crippen LogP contribution in [0.5, 0.6) is 0 Å². The van der Waals surface area contributed by atoms with Crippen molar-refractivity contribution in [1.29, 1.82) is 0 Å². The first-order chi connectivity index (χ1) is 9.74. The lowest BCUT2D eigenvalue weighted by atomic mass is 10.0. The topological polar surface area (TPSA) is 29.9 Å². The van der Waals surface area contributed by atoms with Crippen LogP contribution in [-0.2, 0) is 6.42 Å². The second-order valence-electron chi connectivity index (χ2n) is 5.60. The molecule has 20 heavy (non-hydrogen) atoms.